The van der Waals surface area contributed by atoms with Gasteiger partial charge in [0, 0.05) is 6.20 Å². The van der Waals surface area contributed by atoms with Gasteiger partial charge in [0.1, 0.15) is 12.4 Å². The fourth-order valence-electron chi connectivity index (χ4n) is 2.22. The van der Waals surface area contributed by atoms with E-state index in [-0.39, 0.29) is 12.4 Å². The van der Waals surface area contributed by atoms with Gasteiger partial charge < -0.3 is 14.5 Å². The lowest BCUT2D eigenvalue weighted by Crippen LogP contribution is -2.14. The molecule has 0 spiro atoms. The van der Waals surface area contributed by atoms with E-state index in [1.165, 1.54) is 0 Å². The number of hydrogen-bond donors (Lipinski definition) is 1. The highest BCUT2D eigenvalue weighted by atomic mass is 16.5. The number of rotatable bonds is 7. The minimum atomic E-state index is -0.547. The fraction of sp³-hybridized carbons (Fsp3) is 0.100. The van der Waals surface area contributed by atoms with Crippen molar-refractivity contribution in [2.24, 2.45) is 0 Å². The van der Waals surface area contributed by atoms with Gasteiger partial charge in [-0.1, -0.05) is 30.3 Å². The topological polar surface area (TPSA) is 68.4 Å². The summed E-state index contributed by atoms with van der Waals surface area (Å²) in [7, 11) is 0. The van der Waals surface area contributed by atoms with Crippen molar-refractivity contribution >= 4 is 11.8 Å². The van der Waals surface area contributed by atoms with Crippen molar-refractivity contribution in [3.8, 4) is 5.75 Å². The normalized spacial score (nSPS) is 10.2. The Morgan fingerprint density at radius 3 is 2.32 bits per heavy atom. The van der Waals surface area contributed by atoms with Crippen LogP contribution in [0.4, 0.5) is 0 Å². The zero-order valence-electron chi connectivity index (χ0n) is 13.5. The number of nitrogens with one attached hydrogen (secondary N) is 1. The second kappa shape index (κ2) is 7.97. The van der Waals surface area contributed by atoms with Crippen LogP contribution in [0.5, 0.6) is 5.75 Å². The summed E-state index contributed by atoms with van der Waals surface area (Å²) in [6.45, 7) is 0.154. The molecule has 0 atom stereocenters. The van der Waals surface area contributed by atoms with Gasteiger partial charge in [0.2, 0.25) is 5.78 Å². The molecule has 1 heterocycles. The van der Waals surface area contributed by atoms with Crippen LogP contribution >= 0.6 is 0 Å². The molecule has 0 aliphatic carbocycles. The first-order valence-electron chi connectivity index (χ1n) is 7.83. The first-order valence-corrected chi connectivity index (χ1v) is 7.83. The number of esters is 1. The quantitative estimate of drug-likeness (QED) is 0.529. The highest BCUT2D eigenvalue weighted by molar-refractivity contribution is 5.98. The number of aromatic nitrogens is 1. The van der Waals surface area contributed by atoms with E-state index in [2.05, 4.69) is 4.98 Å². The molecule has 25 heavy (non-hydrogen) atoms. The lowest BCUT2D eigenvalue weighted by molar-refractivity contribution is 0.0473. The molecular weight excluding hydrogens is 318 g/mol. The number of aromatic amines is 1. The molecule has 0 aliphatic rings. The van der Waals surface area contributed by atoms with Crippen molar-refractivity contribution in [2.75, 3.05) is 6.61 Å². The summed E-state index contributed by atoms with van der Waals surface area (Å²) in [6.07, 6.45) is 1.64. The van der Waals surface area contributed by atoms with Crippen molar-refractivity contribution < 1.29 is 19.1 Å². The van der Waals surface area contributed by atoms with Crippen molar-refractivity contribution in [3.05, 3.63) is 89.7 Å². The molecule has 0 amide bonds. The molecular formula is C20H17NO4. The number of carbonyl (C=O) groups excluding carboxylic acids is 2. The van der Waals surface area contributed by atoms with Crippen molar-refractivity contribution in [2.45, 2.75) is 6.61 Å². The zero-order chi connectivity index (χ0) is 17.5. The Balaban J connectivity index is 1.51. The van der Waals surface area contributed by atoms with Crippen LogP contribution in [-0.2, 0) is 11.3 Å². The van der Waals surface area contributed by atoms with E-state index < -0.39 is 5.97 Å². The molecule has 0 saturated carbocycles. The Hall–Kier alpha value is -3.34. The van der Waals surface area contributed by atoms with E-state index in [1.807, 2.05) is 30.3 Å². The molecule has 126 valence electrons. The molecule has 5 nitrogen and oxygen atoms in total. The Morgan fingerprint density at radius 2 is 1.64 bits per heavy atom. The molecule has 0 radical (unpaired) electrons. The first-order chi connectivity index (χ1) is 12.2. The molecule has 5 heteroatoms. The summed E-state index contributed by atoms with van der Waals surface area (Å²) >= 11 is 0. The first kappa shape index (κ1) is 16.5. The summed E-state index contributed by atoms with van der Waals surface area (Å²) in [6, 6.07) is 19.8. The van der Waals surface area contributed by atoms with Crippen LogP contribution in [0.1, 0.15) is 26.4 Å². The fourth-order valence-corrected chi connectivity index (χ4v) is 2.22. The molecule has 0 bridgehead atoms. The maximum atomic E-state index is 12.0. The third-order valence-corrected chi connectivity index (χ3v) is 3.57. The molecule has 3 aromatic rings. The average Bonchev–Trinajstić information content (AvgIpc) is 3.20. The number of Topliss-reactive ketones (excluding diaryl/α,β-unsaturated/α-hetero) is 1. The number of ketones is 1. The van der Waals surface area contributed by atoms with Gasteiger partial charge in [-0.25, -0.2) is 4.79 Å². The summed E-state index contributed by atoms with van der Waals surface area (Å²) in [5, 5.41) is 0. The molecule has 1 N–H and O–H groups in total. The summed E-state index contributed by atoms with van der Waals surface area (Å²) in [5.41, 5.74) is 1.85. The van der Waals surface area contributed by atoms with Crippen LogP contribution in [0.25, 0.3) is 0 Å². The Bertz CT molecular complexity index is 824. The van der Waals surface area contributed by atoms with Gasteiger partial charge in [-0.05, 0) is 42.0 Å². The maximum absolute atomic E-state index is 12.0. The minimum Gasteiger partial charge on any atom is -0.489 e. The molecule has 0 aliphatic heterocycles. The molecule has 0 fully saturated rings. The van der Waals surface area contributed by atoms with Gasteiger partial charge in [-0.3, -0.25) is 4.79 Å². The van der Waals surface area contributed by atoms with Gasteiger partial charge in [-0.15, -0.1) is 0 Å². The molecule has 0 saturated heterocycles. The van der Waals surface area contributed by atoms with Crippen molar-refractivity contribution in [1.82, 2.24) is 4.98 Å². The van der Waals surface area contributed by atoms with Crippen molar-refractivity contribution in [1.29, 1.82) is 0 Å². The van der Waals surface area contributed by atoms with Crippen LogP contribution in [-0.4, -0.2) is 23.3 Å². The monoisotopic (exact) mass is 335 g/mol. The van der Waals surface area contributed by atoms with Crippen LogP contribution in [0.2, 0.25) is 0 Å². The largest absolute Gasteiger partial charge is 0.489 e. The summed E-state index contributed by atoms with van der Waals surface area (Å²) in [4.78, 5) is 26.5. The second-order valence-electron chi connectivity index (χ2n) is 5.38. The minimum absolute atomic E-state index is 0.277. The third kappa shape index (κ3) is 4.57. The van der Waals surface area contributed by atoms with Crippen molar-refractivity contribution in [3.63, 3.8) is 0 Å². The summed E-state index contributed by atoms with van der Waals surface area (Å²) < 4.78 is 10.7. The Labute approximate surface area is 145 Å². The standard InChI is InChI=1S/C20H17NO4/c22-19(18-7-4-12-21-18)14-25-20(23)16-8-10-17(11-9-16)24-13-15-5-2-1-3-6-15/h1-12,21H,13-14H2. The van der Waals surface area contributed by atoms with Crippen LogP contribution in [0, 0.1) is 0 Å². The Kier molecular flexibility index (Phi) is 5.26. The second-order valence-corrected chi connectivity index (χ2v) is 5.38. The smallest absolute Gasteiger partial charge is 0.338 e. The summed E-state index contributed by atoms with van der Waals surface area (Å²) in [5.74, 6) is -0.168. The van der Waals surface area contributed by atoms with E-state index in [1.54, 1.807) is 42.6 Å². The molecule has 1 aromatic heterocycles. The maximum Gasteiger partial charge on any atom is 0.338 e. The molecule has 3 rings (SSSR count). The van der Waals surface area contributed by atoms with Gasteiger partial charge in [0.15, 0.2) is 6.61 Å². The number of carbonyl (C=O) groups is 2. The number of ether oxygens (including phenoxy) is 2. The Morgan fingerprint density at radius 1 is 0.880 bits per heavy atom. The number of H-pyrrole nitrogens is 1. The lowest BCUT2D eigenvalue weighted by atomic mass is 10.2. The highest BCUT2D eigenvalue weighted by Gasteiger charge is 2.12. The predicted octanol–water partition coefficient (Wildman–Crippen LogP) is 3.63. The molecule has 2 aromatic carbocycles. The van der Waals surface area contributed by atoms with E-state index in [0.29, 0.717) is 23.6 Å². The predicted molar refractivity (Wildman–Crippen MR) is 92.6 cm³/mol. The van der Waals surface area contributed by atoms with Gasteiger partial charge in [0.05, 0.1) is 11.3 Å². The lowest BCUT2D eigenvalue weighted by Gasteiger charge is -2.07. The van der Waals surface area contributed by atoms with Gasteiger partial charge in [0.25, 0.3) is 0 Å². The van der Waals surface area contributed by atoms with Gasteiger partial charge >= 0.3 is 5.97 Å². The zero-order valence-corrected chi connectivity index (χ0v) is 13.5. The van der Waals surface area contributed by atoms with E-state index in [9.17, 15) is 9.59 Å². The van der Waals surface area contributed by atoms with Gasteiger partial charge in [-0.2, -0.15) is 0 Å². The van der Waals surface area contributed by atoms with Crippen LogP contribution < -0.4 is 4.74 Å². The highest BCUT2D eigenvalue weighted by Crippen LogP contribution is 2.15. The van der Waals surface area contributed by atoms with Crippen LogP contribution in [0.15, 0.2) is 72.9 Å². The molecule has 0 unspecified atom stereocenters. The van der Waals surface area contributed by atoms with E-state index in [0.717, 1.165) is 5.56 Å². The van der Waals surface area contributed by atoms with E-state index >= 15 is 0 Å². The van der Waals surface area contributed by atoms with Crippen LogP contribution in [0.3, 0.4) is 0 Å². The average molecular weight is 335 g/mol. The number of benzene rings is 2. The SMILES string of the molecule is O=C(OCC(=O)c1ccc[nH]1)c1ccc(OCc2ccccc2)cc1. The number of hydrogen-bond acceptors (Lipinski definition) is 4. The van der Waals surface area contributed by atoms with E-state index in [4.69, 9.17) is 9.47 Å². The third-order valence-electron chi connectivity index (χ3n) is 3.57.